The first-order chi connectivity index (χ1) is 14.0. The highest BCUT2D eigenvalue weighted by Crippen LogP contribution is 2.16. The van der Waals surface area contributed by atoms with E-state index in [0.29, 0.717) is 25.6 Å². The van der Waals surface area contributed by atoms with Gasteiger partial charge in [0.15, 0.2) is 5.96 Å². The molecule has 7 nitrogen and oxygen atoms in total. The number of rotatable bonds is 5. The third kappa shape index (κ3) is 6.81. The molecular formula is C22H35IN4O3. The predicted molar refractivity (Wildman–Crippen MR) is 130 cm³/mol. The Morgan fingerprint density at radius 1 is 1.23 bits per heavy atom. The summed E-state index contributed by atoms with van der Waals surface area (Å²) in [5.41, 5.74) is 1.83. The molecule has 0 bridgehead atoms. The molecule has 2 heterocycles. The number of hydrogen-bond donors (Lipinski definition) is 1. The summed E-state index contributed by atoms with van der Waals surface area (Å²) in [5, 5.41) is 3.41. The molecule has 0 spiro atoms. The fourth-order valence-corrected chi connectivity index (χ4v) is 4.06. The Balaban J connectivity index is 0.00000320. The Labute approximate surface area is 197 Å². The minimum Gasteiger partial charge on any atom is -0.381 e. The minimum absolute atomic E-state index is 0. The molecule has 168 valence electrons. The largest absolute Gasteiger partial charge is 0.381 e. The molecule has 1 N–H and O–H groups in total. The summed E-state index contributed by atoms with van der Waals surface area (Å²) >= 11 is 0. The van der Waals surface area contributed by atoms with Gasteiger partial charge in [-0.15, -0.1) is 24.0 Å². The standard InChI is InChI=1S/C22H34N4O3.HI/c1-16-12-26(13-17(2)29-16)21(27)20-7-5-18(6-8-20)11-24-22(23-3)25(4)14-19-9-10-28-15-19;/h5-8,16-17,19H,9-15H2,1-4H3,(H,23,24);1H. The Bertz CT molecular complexity index is 697. The van der Waals surface area contributed by atoms with Crippen LogP contribution in [0.1, 0.15) is 36.2 Å². The average molecular weight is 530 g/mol. The van der Waals surface area contributed by atoms with Crippen molar-refractivity contribution in [1.29, 1.82) is 0 Å². The zero-order valence-corrected chi connectivity index (χ0v) is 20.8. The maximum Gasteiger partial charge on any atom is 0.254 e. The number of amides is 1. The number of guanidine groups is 1. The molecule has 8 heteroatoms. The van der Waals surface area contributed by atoms with Crippen LogP contribution in [0.15, 0.2) is 29.3 Å². The smallest absolute Gasteiger partial charge is 0.254 e. The van der Waals surface area contributed by atoms with Crippen molar-refractivity contribution in [3.05, 3.63) is 35.4 Å². The van der Waals surface area contributed by atoms with Gasteiger partial charge in [0.25, 0.3) is 5.91 Å². The molecular weight excluding hydrogens is 495 g/mol. The SMILES string of the molecule is CN=C(NCc1ccc(C(=O)N2CC(C)OC(C)C2)cc1)N(C)CC1CCOC1.I. The van der Waals surface area contributed by atoms with Crippen LogP contribution in [0.4, 0.5) is 0 Å². The van der Waals surface area contributed by atoms with Gasteiger partial charge in [0.05, 0.1) is 18.8 Å². The summed E-state index contributed by atoms with van der Waals surface area (Å²) in [6.07, 6.45) is 1.26. The highest BCUT2D eigenvalue weighted by Gasteiger charge is 2.26. The molecule has 3 unspecified atom stereocenters. The van der Waals surface area contributed by atoms with Gasteiger partial charge in [0, 0.05) is 58.4 Å². The number of morpholine rings is 1. The molecule has 3 atom stereocenters. The number of benzene rings is 1. The van der Waals surface area contributed by atoms with Crippen LogP contribution >= 0.6 is 24.0 Å². The maximum atomic E-state index is 12.8. The zero-order valence-electron chi connectivity index (χ0n) is 18.5. The molecule has 30 heavy (non-hydrogen) atoms. The summed E-state index contributed by atoms with van der Waals surface area (Å²) in [4.78, 5) is 21.2. The minimum atomic E-state index is 0. The molecule has 0 aliphatic carbocycles. The number of ether oxygens (including phenoxy) is 2. The van der Waals surface area contributed by atoms with Gasteiger partial charge in [-0.2, -0.15) is 0 Å². The molecule has 3 rings (SSSR count). The lowest BCUT2D eigenvalue weighted by Crippen LogP contribution is -2.48. The lowest BCUT2D eigenvalue weighted by molar-refractivity contribution is -0.0586. The molecule has 2 saturated heterocycles. The van der Waals surface area contributed by atoms with E-state index in [1.54, 1.807) is 7.05 Å². The molecule has 0 radical (unpaired) electrons. The van der Waals surface area contributed by atoms with Crippen molar-refractivity contribution >= 4 is 35.8 Å². The molecule has 2 fully saturated rings. The number of halogens is 1. The molecule has 0 aromatic heterocycles. The molecule has 0 saturated carbocycles. The van der Waals surface area contributed by atoms with Crippen molar-refractivity contribution in [2.45, 2.75) is 39.0 Å². The van der Waals surface area contributed by atoms with Crippen LogP contribution < -0.4 is 5.32 Å². The van der Waals surface area contributed by atoms with Crippen LogP contribution in [0.5, 0.6) is 0 Å². The Morgan fingerprint density at radius 3 is 2.47 bits per heavy atom. The molecule has 2 aliphatic rings. The van der Waals surface area contributed by atoms with Crippen molar-refractivity contribution in [3.63, 3.8) is 0 Å². The molecule has 2 aliphatic heterocycles. The van der Waals surface area contributed by atoms with E-state index in [4.69, 9.17) is 9.47 Å². The number of nitrogens with zero attached hydrogens (tertiary/aromatic N) is 3. The van der Waals surface area contributed by atoms with Crippen molar-refractivity contribution in [3.8, 4) is 0 Å². The van der Waals surface area contributed by atoms with Gasteiger partial charge in [-0.3, -0.25) is 9.79 Å². The van der Waals surface area contributed by atoms with Gasteiger partial charge < -0.3 is 24.6 Å². The van der Waals surface area contributed by atoms with Crippen molar-refractivity contribution < 1.29 is 14.3 Å². The lowest BCUT2D eigenvalue weighted by Gasteiger charge is -2.35. The van der Waals surface area contributed by atoms with Crippen molar-refractivity contribution in [2.75, 3.05) is 46.9 Å². The summed E-state index contributed by atoms with van der Waals surface area (Å²) in [5.74, 6) is 1.50. The van der Waals surface area contributed by atoms with Gasteiger partial charge in [-0.05, 0) is 38.0 Å². The monoisotopic (exact) mass is 530 g/mol. The predicted octanol–water partition coefficient (Wildman–Crippen LogP) is 2.60. The normalized spacial score (nSPS) is 24.3. The van der Waals surface area contributed by atoms with Gasteiger partial charge in [-0.25, -0.2) is 0 Å². The van der Waals surface area contributed by atoms with E-state index in [2.05, 4.69) is 22.3 Å². The summed E-state index contributed by atoms with van der Waals surface area (Å²) in [6, 6.07) is 7.83. The lowest BCUT2D eigenvalue weighted by atomic mass is 10.1. The van der Waals surface area contributed by atoms with E-state index in [-0.39, 0.29) is 42.1 Å². The number of carbonyl (C=O) groups excluding carboxylic acids is 1. The highest BCUT2D eigenvalue weighted by atomic mass is 127. The van der Waals surface area contributed by atoms with E-state index >= 15 is 0 Å². The van der Waals surface area contributed by atoms with Crippen molar-refractivity contribution in [2.24, 2.45) is 10.9 Å². The fraction of sp³-hybridized carbons (Fsp3) is 0.636. The van der Waals surface area contributed by atoms with Gasteiger partial charge in [0.1, 0.15) is 0 Å². The second-order valence-electron chi connectivity index (χ2n) is 8.18. The van der Waals surface area contributed by atoms with Gasteiger partial charge in [0.2, 0.25) is 0 Å². The van der Waals surface area contributed by atoms with E-state index in [1.165, 1.54) is 0 Å². The quantitative estimate of drug-likeness (QED) is 0.360. The molecule has 1 aromatic carbocycles. The first-order valence-electron chi connectivity index (χ1n) is 10.5. The van der Waals surface area contributed by atoms with Crippen LogP contribution in [0.3, 0.4) is 0 Å². The Hall–Kier alpha value is -1.39. The Kier molecular flexibility index (Phi) is 9.83. The highest BCUT2D eigenvalue weighted by molar-refractivity contribution is 14.0. The second-order valence-corrected chi connectivity index (χ2v) is 8.18. The number of hydrogen-bond acceptors (Lipinski definition) is 4. The summed E-state index contributed by atoms with van der Waals surface area (Å²) in [7, 11) is 3.86. The summed E-state index contributed by atoms with van der Waals surface area (Å²) < 4.78 is 11.2. The number of aliphatic imine (C=N–C) groups is 1. The first kappa shape index (κ1) is 24.9. The van der Waals surface area contributed by atoms with E-state index in [9.17, 15) is 4.79 Å². The topological polar surface area (TPSA) is 66.4 Å². The van der Waals surface area contributed by atoms with Crippen molar-refractivity contribution in [1.82, 2.24) is 15.1 Å². The third-order valence-corrected chi connectivity index (χ3v) is 5.49. The van der Waals surface area contributed by atoms with Crippen LogP contribution in [0.25, 0.3) is 0 Å². The van der Waals surface area contributed by atoms with E-state index in [1.807, 2.05) is 43.0 Å². The summed E-state index contributed by atoms with van der Waals surface area (Å²) in [6.45, 7) is 8.59. The van der Waals surface area contributed by atoms with E-state index < -0.39 is 0 Å². The van der Waals surface area contributed by atoms with Crippen LogP contribution in [0.2, 0.25) is 0 Å². The fourth-order valence-electron chi connectivity index (χ4n) is 4.06. The second kappa shape index (κ2) is 11.9. The maximum absolute atomic E-state index is 12.8. The molecule has 1 amide bonds. The molecule has 1 aromatic rings. The van der Waals surface area contributed by atoms with E-state index in [0.717, 1.165) is 43.3 Å². The number of carbonyl (C=O) groups is 1. The van der Waals surface area contributed by atoms with Gasteiger partial charge in [-0.1, -0.05) is 12.1 Å². The first-order valence-corrected chi connectivity index (χ1v) is 10.5. The average Bonchev–Trinajstić information content (AvgIpc) is 3.20. The van der Waals surface area contributed by atoms with Crippen LogP contribution in [-0.4, -0.2) is 80.8 Å². The van der Waals surface area contributed by atoms with Gasteiger partial charge >= 0.3 is 0 Å². The zero-order chi connectivity index (χ0) is 20.8. The number of nitrogens with one attached hydrogen (secondary N) is 1. The third-order valence-electron chi connectivity index (χ3n) is 5.49. The van der Waals surface area contributed by atoms with Crippen LogP contribution in [-0.2, 0) is 16.0 Å². The Morgan fingerprint density at radius 2 is 1.90 bits per heavy atom. The van der Waals surface area contributed by atoms with Crippen LogP contribution in [0, 0.1) is 5.92 Å².